The molecule has 0 radical (unpaired) electrons. The molecule has 2 N–H and O–H groups in total. The first kappa shape index (κ1) is 19.8. The van der Waals surface area contributed by atoms with Crippen LogP contribution in [0.1, 0.15) is 37.3 Å². The van der Waals surface area contributed by atoms with E-state index in [4.69, 9.17) is 0 Å². The van der Waals surface area contributed by atoms with Gasteiger partial charge in [-0.25, -0.2) is 0 Å². The van der Waals surface area contributed by atoms with Gasteiger partial charge in [0, 0.05) is 30.9 Å². The van der Waals surface area contributed by atoms with Gasteiger partial charge in [-0.3, -0.25) is 14.5 Å². The number of nitrogens with zero attached hydrogens (tertiary/aromatic N) is 1. The fourth-order valence-electron chi connectivity index (χ4n) is 3.36. The highest BCUT2D eigenvalue weighted by Crippen LogP contribution is 2.16. The second-order valence-corrected chi connectivity index (χ2v) is 7.16. The number of amides is 2. The Morgan fingerprint density at radius 3 is 2.43 bits per heavy atom. The molecule has 1 heterocycles. The van der Waals surface area contributed by atoms with E-state index in [1.807, 2.05) is 42.5 Å². The zero-order valence-electron chi connectivity index (χ0n) is 16.3. The van der Waals surface area contributed by atoms with E-state index in [0.29, 0.717) is 0 Å². The van der Waals surface area contributed by atoms with Gasteiger partial charge in [0.25, 0.3) is 0 Å². The van der Waals surface area contributed by atoms with Crippen molar-refractivity contribution in [2.75, 3.05) is 23.7 Å². The minimum Gasteiger partial charge on any atom is -0.326 e. The highest BCUT2D eigenvalue weighted by atomic mass is 16.2. The van der Waals surface area contributed by atoms with E-state index >= 15 is 0 Å². The Bertz CT molecular complexity index is 837. The van der Waals surface area contributed by atoms with Crippen molar-refractivity contribution in [1.82, 2.24) is 4.90 Å². The summed E-state index contributed by atoms with van der Waals surface area (Å²) in [7, 11) is 0. The largest absolute Gasteiger partial charge is 0.326 e. The van der Waals surface area contributed by atoms with Crippen LogP contribution in [0.2, 0.25) is 0 Å². The fourth-order valence-corrected chi connectivity index (χ4v) is 3.36. The molecule has 0 aliphatic carbocycles. The molecule has 0 atom stereocenters. The quantitative estimate of drug-likeness (QED) is 0.739. The summed E-state index contributed by atoms with van der Waals surface area (Å²) in [6.07, 6.45) is 7.14. The number of nitrogens with one attached hydrogen (secondary N) is 2. The van der Waals surface area contributed by atoms with E-state index in [9.17, 15) is 9.59 Å². The fraction of sp³-hybridized carbons (Fsp3) is 0.304. The molecule has 2 aromatic rings. The molecule has 1 saturated heterocycles. The number of anilines is 2. The number of rotatable bonds is 6. The Morgan fingerprint density at radius 1 is 0.964 bits per heavy atom. The first-order valence-electron chi connectivity index (χ1n) is 9.76. The number of hydrogen-bond acceptors (Lipinski definition) is 3. The lowest BCUT2D eigenvalue weighted by atomic mass is 10.1. The van der Waals surface area contributed by atoms with Crippen LogP contribution in [0.4, 0.5) is 11.4 Å². The standard InChI is InChI=1S/C23H27N3O2/c1-18(27)24-21-11-8-19(9-12-21)10-13-23(28)25-22-7-5-6-20(16-22)17-26-14-3-2-4-15-26/h5-13,16H,2-4,14-15,17H2,1H3,(H,24,27)(H,25,28)/b13-10+. The molecule has 146 valence electrons. The zero-order valence-corrected chi connectivity index (χ0v) is 16.3. The maximum atomic E-state index is 12.2. The summed E-state index contributed by atoms with van der Waals surface area (Å²) >= 11 is 0. The van der Waals surface area contributed by atoms with Gasteiger partial charge in [-0.2, -0.15) is 0 Å². The Kier molecular flexibility index (Phi) is 6.98. The van der Waals surface area contributed by atoms with Crippen molar-refractivity contribution in [2.24, 2.45) is 0 Å². The maximum absolute atomic E-state index is 12.2. The SMILES string of the molecule is CC(=O)Nc1ccc(/C=C/C(=O)Nc2cccc(CN3CCCCC3)c2)cc1. The second-order valence-electron chi connectivity index (χ2n) is 7.16. The molecular weight excluding hydrogens is 350 g/mol. The molecule has 3 rings (SSSR count). The minimum absolute atomic E-state index is 0.106. The lowest BCUT2D eigenvalue weighted by Crippen LogP contribution is -2.29. The predicted octanol–water partition coefficient (Wildman–Crippen LogP) is 4.28. The number of carbonyl (C=O) groups excluding carboxylic acids is 2. The predicted molar refractivity (Wildman–Crippen MR) is 114 cm³/mol. The van der Waals surface area contributed by atoms with Gasteiger partial charge < -0.3 is 10.6 Å². The van der Waals surface area contributed by atoms with Crippen LogP contribution in [-0.4, -0.2) is 29.8 Å². The molecule has 5 heteroatoms. The van der Waals surface area contributed by atoms with Gasteiger partial charge in [0.05, 0.1) is 0 Å². The summed E-state index contributed by atoms with van der Waals surface area (Å²) in [5, 5.41) is 5.64. The number of benzene rings is 2. The summed E-state index contributed by atoms with van der Waals surface area (Å²) in [5.74, 6) is -0.272. The molecular formula is C23H27N3O2. The molecule has 0 unspecified atom stereocenters. The van der Waals surface area contributed by atoms with E-state index in [2.05, 4.69) is 21.6 Å². The lowest BCUT2D eigenvalue weighted by molar-refractivity contribution is -0.114. The Labute approximate surface area is 166 Å². The highest BCUT2D eigenvalue weighted by molar-refractivity contribution is 6.02. The third kappa shape index (κ3) is 6.35. The van der Waals surface area contributed by atoms with Crippen LogP contribution < -0.4 is 10.6 Å². The first-order valence-corrected chi connectivity index (χ1v) is 9.76. The van der Waals surface area contributed by atoms with Crippen molar-refractivity contribution in [3.05, 3.63) is 65.7 Å². The molecule has 0 saturated carbocycles. The van der Waals surface area contributed by atoms with Crippen LogP contribution in [0.3, 0.4) is 0 Å². The van der Waals surface area contributed by atoms with Gasteiger partial charge in [-0.1, -0.05) is 30.7 Å². The third-order valence-electron chi connectivity index (χ3n) is 4.71. The Balaban J connectivity index is 1.54. The van der Waals surface area contributed by atoms with Gasteiger partial charge in [-0.15, -0.1) is 0 Å². The average molecular weight is 377 g/mol. The van der Waals surface area contributed by atoms with Crippen molar-refractivity contribution in [1.29, 1.82) is 0 Å². The normalized spacial score (nSPS) is 14.8. The Morgan fingerprint density at radius 2 is 1.71 bits per heavy atom. The Hall–Kier alpha value is -2.92. The van der Waals surface area contributed by atoms with Crippen LogP contribution in [0, 0.1) is 0 Å². The summed E-state index contributed by atoms with van der Waals surface area (Å²) in [4.78, 5) is 25.7. The van der Waals surface area contributed by atoms with Crippen LogP contribution in [0.15, 0.2) is 54.6 Å². The van der Waals surface area contributed by atoms with Crippen molar-refractivity contribution < 1.29 is 9.59 Å². The van der Waals surface area contributed by atoms with Crippen LogP contribution in [0.25, 0.3) is 6.08 Å². The van der Waals surface area contributed by atoms with Crippen molar-refractivity contribution >= 4 is 29.3 Å². The average Bonchev–Trinajstić information content (AvgIpc) is 2.68. The summed E-state index contributed by atoms with van der Waals surface area (Å²) in [6.45, 7) is 4.71. The van der Waals surface area contributed by atoms with Crippen LogP contribution in [0.5, 0.6) is 0 Å². The monoisotopic (exact) mass is 377 g/mol. The van der Waals surface area contributed by atoms with E-state index in [-0.39, 0.29) is 11.8 Å². The van der Waals surface area contributed by atoms with Crippen LogP contribution >= 0.6 is 0 Å². The maximum Gasteiger partial charge on any atom is 0.248 e. The van der Waals surface area contributed by atoms with Gasteiger partial charge in [-0.05, 0) is 67.4 Å². The lowest BCUT2D eigenvalue weighted by Gasteiger charge is -2.26. The van der Waals surface area contributed by atoms with E-state index in [1.165, 1.54) is 37.8 Å². The van der Waals surface area contributed by atoms with Crippen LogP contribution in [-0.2, 0) is 16.1 Å². The molecule has 0 bridgehead atoms. The zero-order chi connectivity index (χ0) is 19.8. The number of hydrogen-bond donors (Lipinski definition) is 2. The van der Waals surface area contributed by atoms with E-state index in [0.717, 1.165) is 36.6 Å². The molecule has 2 aromatic carbocycles. The molecule has 2 amide bonds. The van der Waals surface area contributed by atoms with E-state index in [1.54, 1.807) is 6.08 Å². The number of likely N-dealkylation sites (tertiary alicyclic amines) is 1. The van der Waals surface area contributed by atoms with Gasteiger partial charge in [0.15, 0.2) is 0 Å². The summed E-state index contributed by atoms with van der Waals surface area (Å²) in [6, 6.07) is 15.4. The number of piperidine rings is 1. The molecule has 5 nitrogen and oxygen atoms in total. The topological polar surface area (TPSA) is 61.4 Å². The van der Waals surface area contributed by atoms with Crippen molar-refractivity contribution in [3.8, 4) is 0 Å². The molecule has 28 heavy (non-hydrogen) atoms. The molecule has 1 aliphatic heterocycles. The first-order chi connectivity index (χ1) is 13.6. The molecule has 0 aromatic heterocycles. The van der Waals surface area contributed by atoms with Crippen molar-refractivity contribution in [3.63, 3.8) is 0 Å². The highest BCUT2D eigenvalue weighted by Gasteiger charge is 2.10. The number of carbonyl (C=O) groups is 2. The van der Waals surface area contributed by atoms with Gasteiger partial charge >= 0.3 is 0 Å². The molecule has 0 spiro atoms. The summed E-state index contributed by atoms with van der Waals surface area (Å²) in [5.41, 5.74) is 3.66. The second kappa shape index (κ2) is 9.85. The third-order valence-corrected chi connectivity index (χ3v) is 4.71. The smallest absolute Gasteiger partial charge is 0.248 e. The molecule has 1 aliphatic rings. The van der Waals surface area contributed by atoms with Gasteiger partial charge in [0.1, 0.15) is 0 Å². The minimum atomic E-state index is -0.166. The van der Waals surface area contributed by atoms with Crippen molar-refractivity contribution in [2.45, 2.75) is 32.7 Å². The van der Waals surface area contributed by atoms with Gasteiger partial charge in [0.2, 0.25) is 11.8 Å². The molecule has 1 fully saturated rings. The summed E-state index contributed by atoms with van der Waals surface area (Å²) < 4.78 is 0. The van der Waals surface area contributed by atoms with E-state index < -0.39 is 0 Å².